The first-order chi connectivity index (χ1) is 10.7. The molecule has 0 radical (unpaired) electrons. The molecule has 1 aromatic heterocycles. The molecule has 0 unspecified atom stereocenters. The van der Waals surface area contributed by atoms with Gasteiger partial charge in [-0.1, -0.05) is 31.5 Å². The number of ether oxygens (including phenoxy) is 1. The average molecular weight is 300 g/mol. The van der Waals surface area contributed by atoms with E-state index < -0.39 is 0 Å². The lowest BCUT2D eigenvalue weighted by Gasteiger charge is -2.17. The first-order valence-electron chi connectivity index (χ1n) is 7.64. The maximum Gasteiger partial charge on any atom is 0.226 e. The van der Waals surface area contributed by atoms with Crippen LogP contribution in [0.3, 0.4) is 0 Å². The third kappa shape index (κ3) is 4.35. The lowest BCUT2D eigenvalue weighted by Crippen LogP contribution is -2.21. The number of anilines is 2. The Kier molecular flexibility index (Phi) is 6.01. The normalized spacial score (nSPS) is 10.3. The van der Waals surface area contributed by atoms with Gasteiger partial charge in [0.05, 0.1) is 7.11 Å². The van der Waals surface area contributed by atoms with E-state index in [0.29, 0.717) is 6.54 Å². The van der Waals surface area contributed by atoms with Gasteiger partial charge in [0.25, 0.3) is 0 Å². The Morgan fingerprint density at radius 2 is 2.05 bits per heavy atom. The minimum Gasteiger partial charge on any atom is -0.496 e. The zero-order chi connectivity index (χ0) is 15.8. The van der Waals surface area contributed by atoms with Gasteiger partial charge in [-0.2, -0.15) is 4.98 Å². The van der Waals surface area contributed by atoms with E-state index in [1.807, 2.05) is 37.4 Å². The maximum absolute atomic E-state index is 5.36. The SMILES string of the molecule is CCCCN(C)c1nccc(NCc2ccccc2OC)n1. The molecule has 1 heterocycles. The molecule has 1 N–H and O–H groups in total. The van der Waals surface area contributed by atoms with Crippen molar-refractivity contribution in [2.45, 2.75) is 26.3 Å². The van der Waals surface area contributed by atoms with Crippen LogP contribution in [0.2, 0.25) is 0 Å². The molecule has 5 nitrogen and oxygen atoms in total. The van der Waals surface area contributed by atoms with Crippen LogP contribution in [0.5, 0.6) is 5.75 Å². The summed E-state index contributed by atoms with van der Waals surface area (Å²) in [5.41, 5.74) is 1.10. The van der Waals surface area contributed by atoms with Gasteiger partial charge < -0.3 is 15.0 Å². The topological polar surface area (TPSA) is 50.3 Å². The zero-order valence-corrected chi connectivity index (χ0v) is 13.5. The largest absolute Gasteiger partial charge is 0.496 e. The van der Waals surface area contributed by atoms with E-state index in [9.17, 15) is 0 Å². The Labute approximate surface area is 132 Å². The lowest BCUT2D eigenvalue weighted by molar-refractivity contribution is 0.410. The number of benzene rings is 1. The highest BCUT2D eigenvalue weighted by atomic mass is 16.5. The van der Waals surface area contributed by atoms with Crippen molar-refractivity contribution in [3.8, 4) is 5.75 Å². The third-order valence-electron chi connectivity index (χ3n) is 3.48. The van der Waals surface area contributed by atoms with E-state index in [4.69, 9.17) is 4.74 Å². The summed E-state index contributed by atoms with van der Waals surface area (Å²) in [4.78, 5) is 11.0. The van der Waals surface area contributed by atoms with Crippen molar-refractivity contribution < 1.29 is 4.74 Å². The van der Waals surface area contributed by atoms with Crippen LogP contribution in [0.25, 0.3) is 0 Å². The van der Waals surface area contributed by atoms with Gasteiger partial charge in [-0.15, -0.1) is 0 Å². The number of methoxy groups -OCH3 is 1. The molecule has 5 heteroatoms. The van der Waals surface area contributed by atoms with E-state index >= 15 is 0 Å². The summed E-state index contributed by atoms with van der Waals surface area (Å²) in [5, 5.41) is 3.33. The Hall–Kier alpha value is -2.30. The van der Waals surface area contributed by atoms with Crippen LogP contribution in [0.4, 0.5) is 11.8 Å². The number of rotatable bonds is 8. The molecule has 2 aromatic rings. The minimum absolute atomic E-state index is 0.666. The maximum atomic E-state index is 5.36. The monoisotopic (exact) mass is 300 g/mol. The van der Waals surface area contributed by atoms with Crippen molar-refractivity contribution in [1.29, 1.82) is 0 Å². The number of nitrogens with zero attached hydrogens (tertiary/aromatic N) is 3. The van der Waals surface area contributed by atoms with Crippen molar-refractivity contribution in [1.82, 2.24) is 9.97 Å². The standard InChI is InChI=1S/C17H24N4O/c1-4-5-12-21(2)17-18-11-10-16(20-17)19-13-14-8-6-7-9-15(14)22-3/h6-11H,4-5,12-13H2,1-3H3,(H,18,19,20). The van der Waals surface area contributed by atoms with Gasteiger partial charge in [-0.3, -0.25) is 0 Å². The molecule has 0 saturated carbocycles. The highest BCUT2D eigenvalue weighted by Crippen LogP contribution is 2.19. The summed E-state index contributed by atoms with van der Waals surface area (Å²) in [6.45, 7) is 3.81. The van der Waals surface area contributed by atoms with E-state index in [0.717, 1.165) is 42.5 Å². The second-order valence-electron chi connectivity index (χ2n) is 5.18. The first-order valence-corrected chi connectivity index (χ1v) is 7.64. The van der Waals surface area contributed by atoms with Gasteiger partial charge in [0.1, 0.15) is 11.6 Å². The molecule has 0 spiro atoms. The predicted molar refractivity (Wildman–Crippen MR) is 90.5 cm³/mol. The van der Waals surface area contributed by atoms with Crippen LogP contribution >= 0.6 is 0 Å². The molecule has 1 aromatic carbocycles. The molecule has 0 fully saturated rings. The minimum atomic E-state index is 0.666. The molecule has 118 valence electrons. The van der Waals surface area contributed by atoms with E-state index in [2.05, 4.69) is 27.1 Å². The zero-order valence-electron chi connectivity index (χ0n) is 13.5. The number of para-hydroxylation sites is 1. The van der Waals surface area contributed by atoms with Crippen LogP contribution in [-0.4, -0.2) is 30.7 Å². The number of hydrogen-bond donors (Lipinski definition) is 1. The van der Waals surface area contributed by atoms with Crippen LogP contribution in [0, 0.1) is 0 Å². The van der Waals surface area contributed by atoms with Crippen molar-refractivity contribution >= 4 is 11.8 Å². The number of aromatic nitrogens is 2. The Morgan fingerprint density at radius 1 is 1.23 bits per heavy atom. The fraction of sp³-hybridized carbons (Fsp3) is 0.412. The summed E-state index contributed by atoms with van der Waals surface area (Å²) in [5.74, 6) is 2.45. The Morgan fingerprint density at radius 3 is 2.82 bits per heavy atom. The summed E-state index contributed by atoms with van der Waals surface area (Å²) in [7, 11) is 3.71. The summed E-state index contributed by atoms with van der Waals surface area (Å²) < 4.78 is 5.36. The second kappa shape index (κ2) is 8.22. The summed E-state index contributed by atoms with van der Waals surface area (Å²) >= 11 is 0. The van der Waals surface area contributed by atoms with Crippen LogP contribution in [0.15, 0.2) is 36.5 Å². The highest BCUT2D eigenvalue weighted by molar-refractivity contribution is 5.43. The van der Waals surface area contributed by atoms with Crippen LogP contribution in [-0.2, 0) is 6.54 Å². The van der Waals surface area contributed by atoms with Crippen molar-refractivity contribution in [3.05, 3.63) is 42.1 Å². The van der Waals surface area contributed by atoms with Gasteiger partial charge in [0.2, 0.25) is 5.95 Å². The first kappa shape index (κ1) is 16.1. The quantitative estimate of drug-likeness (QED) is 0.810. The molecule has 0 amide bonds. The van der Waals surface area contributed by atoms with E-state index in [1.54, 1.807) is 13.3 Å². The third-order valence-corrected chi connectivity index (χ3v) is 3.48. The number of hydrogen-bond acceptors (Lipinski definition) is 5. The van der Waals surface area contributed by atoms with Crippen LogP contribution < -0.4 is 15.0 Å². The second-order valence-corrected chi connectivity index (χ2v) is 5.18. The average Bonchev–Trinajstić information content (AvgIpc) is 2.58. The predicted octanol–water partition coefficient (Wildman–Crippen LogP) is 3.33. The van der Waals surface area contributed by atoms with Gasteiger partial charge >= 0.3 is 0 Å². The number of unbranched alkanes of at least 4 members (excludes halogenated alkanes) is 1. The molecule has 0 aliphatic heterocycles. The molecule has 0 atom stereocenters. The molecule has 0 aliphatic carbocycles. The fourth-order valence-electron chi connectivity index (χ4n) is 2.16. The van der Waals surface area contributed by atoms with E-state index in [-0.39, 0.29) is 0 Å². The Bertz CT molecular complexity index is 588. The van der Waals surface area contributed by atoms with E-state index in [1.165, 1.54) is 0 Å². The number of nitrogens with one attached hydrogen (secondary N) is 1. The van der Waals surface area contributed by atoms with Gasteiger partial charge in [0.15, 0.2) is 0 Å². The van der Waals surface area contributed by atoms with Crippen LogP contribution in [0.1, 0.15) is 25.3 Å². The van der Waals surface area contributed by atoms with Gasteiger partial charge in [-0.25, -0.2) is 4.98 Å². The summed E-state index contributed by atoms with van der Waals surface area (Å²) in [6, 6.07) is 9.85. The molecular weight excluding hydrogens is 276 g/mol. The van der Waals surface area contributed by atoms with Crippen molar-refractivity contribution in [2.75, 3.05) is 30.9 Å². The van der Waals surface area contributed by atoms with Gasteiger partial charge in [0, 0.05) is 31.9 Å². The summed E-state index contributed by atoms with van der Waals surface area (Å²) in [6.07, 6.45) is 4.09. The molecular formula is C17H24N4O. The molecule has 0 bridgehead atoms. The molecule has 2 rings (SSSR count). The van der Waals surface area contributed by atoms with Crippen molar-refractivity contribution in [2.24, 2.45) is 0 Å². The Balaban J connectivity index is 2.01. The molecule has 0 aliphatic rings. The molecule has 0 saturated heterocycles. The molecule has 22 heavy (non-hydrogen) atoms. The lowest BCUT2D eigenvalue weighted by atomic mass is 10.2. The van der Waals surface area contributed by atoms with Crippen molar-refractivity contribution in [3.63, 3.8) is 0 Å². The van der Waals surface area contributed by atoms with Gasteiger partial charge in [-0.05, 0) is 18.6 Å². The fourth-order valence-corrected chi connectivity index (χ4v) is 2.16. The highest BCUT2D eigenvalue weighted by Gasteiger charge is 2.06. The smallest absolute Gasteiger partial charge is 0.226 e.